The number of hydrogen-bond acceptors (Lipinski definition) is 4. The molecule has 1 aliphatic heterocycles. The van der Waals surface area contributed by atoms with Gasteiger partial charge < -0.3 is 20.1 Å². The molecule has 0 aromatic heterocycles. The van der Waals surface area contributed by atoms with Crippen LogP contribution in [-0.4, -0.2) is 18.6 Å². The number of nitrogens with one attached hydrogen (secondary N) is 2. The molecule has 0 unspecified atom stereocenters. The Morgan fingerprint density at radius 2 is 1.84 bits per heavy atom. The van der Waals surface area contributed by atoms with Gasteiger partial charge in [-0.25, -0.2) is 0 Å². The topological polar surface area (TPSA) is 76.7 Å². The average molecular weight is 340 g/mol. The summed E-state index contributed by atoms with van der Waals surface area (Å²) in [5, 5.41) is 5.51. The first-order valence-corrected chi connectivity index (χ1v) is 8.04. The van der Waals surface area contributed by atoms with Crippen LogP contribution in [0, 0.1) is 13.8 Å². The second-order valence-electron chi connectivity index (χ2n) is 5.94. The van der Waals surface area contributed by atoms with Gasteiger partial charge in [-0.05, 0) is 48.7 Å². The van der Waals surface area contributed by atoms with E-state index >= 15 is 0 Å². The molecule has 2 N–H and O–H groups in total. The molecule has 2 aromatic carbocycles. The number of ether oxygens (including phenoxy) is 2. The third-order valence-corrected chi connectivity index (χ3v) is 4.13. The fraction of sp³-hybridized carbons (Fsp3) is 0.263. The maximum Gasteiger partial charge on any atom is 0.233 e. The number of rotatable bonds is 5. The first-order valence-electron chi connectivity index (χ1n) is 8.04. The van der Waals surface area contributed by atoms with Crippen LogP contribution in [0.25, 0.3) is 0 Å². The van der Waals surface area contributed by atoms with Crippen molar-refractivity contribution in [2.24, 2.45) is 0 Å². The standard InChI is InChI=1S/C19H20N2O4/c1-12-4-3-5-15(13(12)2)21-19(23)9-18(22)20-10-14-6-7-16-17(8-14)25-11-24-16/h3-8H,9-11H2,1-2H3,(H,20,22)(H,21,23). The Balaban J connectivity index is 1.50. The van der Waals surface area contributed by atoms with E-state index < -0.39 is 0 Å². The number of amides is 2. The number of carbonyl (C=O) groups excluding carboxylic acids is 2. The van der Waals surface area contributed by atoms with Crippen LogP contribution < -0.4 is 20.1 Å². The summed E-state index contributed by atoms with van der Waals surface area (Å²) in [6, 6.07) is 11.1. The highest BCUT2D eigenvalue weighted by molar-refractivity contribution is 6.03. The van der Waals surface area contributed by atoms with Gasteiger partial charge in [-0.3, -0.25) is 9.59 Å². The summed E-state index contributed by atoms with van der Waals surface area (Å²) in [6.07, 6.45) is -0.224. The molecule has 0 atom stereocenters. The van der Waals surface area contributed by atoms with Crippen LogP contribution in [0.3, 0.4) is 0 Å². The Hall–Kier alpha value is -3.02. The Kier molecular flexibility index (Phi) is 4.88. The van der Waals surface area contributed by atoms with E-state index in [2.05, 4.69) is 10.6 Å². The number of benzene rings is 2. The van der Waals surface area contributed by atoms with Gasteiger partial charge in [0, 0.05) is 12.2 Å². The molecule has 6 heteroatoms. The van der Waals surface area contributed by atoms with E-state index in [9.17, 15) is 9.59 Å². The van der Waals surface area contributed by atoms with Crippen molar-refractivity contribution in [3.63, 3.8) is 0 Å². The molecule has 0 aliphatic carbocycles. The van der Waals surface area contributed by atoms with Gasteiger partial charge >= 0.3 is 0 Å². The van der Waals surface area contributed by atoms with Crippen LogP contribution in [0.1, 0.15) is 23.1 Å². The molecule has 2 aromatic rings. The minimum Gasteiger partial charge on any atom is -0.454 e. The first-order chi connectivity index (χ1) is 12.0. The van der Waals surface area contributed by atoms with Gasteiger partial charge in [0.25, 0.3) is 0 Å². The maximum absolute atomic E-state index is 12.0. The lowest BCUT2D eigenvalue weighted by molar-refractivity contribution is -0.126. The van der Waals surface area contributed by atoms with Crippen LogP contribution in [0.2, 0.25) is 0 Å². The van der Waals surface area contributed by atoms with E-state index in [1.54, 1.807) is 6.07 Å². The van der Waals surface area contributed by atoms with Gasteiger partial charge in [-0.15, -0.1) is 0 Å². The SMILES string of the molecule is Cc1cccc(NC(=O)CC(=O)NCc2ccc3c(c2)OCO3)c1C. The normalized spacial score (nSPS) is 11.9. The second-order valence-corrected chi connectivity index (χ2v) is 5.94. The highest BCUT2D eigenvalue weighted by Gasteiger charge is 2.14. The maximum atomic E-state index is 12.0. The molecule has 3 rings (SSSR count). The predicted molar refractivity (Wildman–Crippen MR) is 93.6 cm³/mol. The fourth-order valence-corrected chi connectivity index (χ4v) is 2.54. The minimum atomic E-state index is -0.336. The molecule has 1 heterocycles. The number of aryl methyl sites for hydroxylation is 1. The molecule has 2 amide bonds. The predicted octanol–water partition coefficient (Wildman–Crippen LogP) is 2.68. The zero-order valence-electron chi connectivity index (χ0n) is 14.2. The van der Waals surface area contributed by atoms with Crippen LogP contribution in [0.5, 0.6) is 11.5 Å². The van der Waals surface area contributed by atoms with Gasteiger partial charge in [-0.1, -0.05) is 18.2 Å². The molecule has 130 valence electrons. The van der Waals surface area contributed by atoms with Crippen LogP contribution in [0.4, 0.5) is 5.69 Å². The third-order valence-electron chi connectivity index (χ3n) is 4.13. The first kappa shape index (κ1) is 16.8. The summed E-state index contributed by atoms with van der Waals surface area (Å²) in [6.45, 7) is 4.45. The molecule has 1 aliphatic rings. The Morgan fingerprint density at radius 3 is 2.68 bits per heavy atom. The van der Waals surface area contributed by atoms with E-state index in [4.69, 9.17) is 9.47 Å². The molecule has 25 heavy (non-hydrogen) atoms. The number of anilines is 1. The molecule has 6 nitrogen and oxygen atoms in total. The summed E-state index contributed by atoms with van der Waals surface area (Å²) in [5.74, 6) is 0.694. The lowest BCUT2D eigenvalue weighted by Crippen LogP contribution is -2.27. The largest absolute Gasteiger partial charge is 0.454 e. The highest BCUT2D eigenvalue weighted by atomic mass is 16.7. The van der Waals surface area contributed by atoms with Crippen molar-refractivity contribution in [1.82, 2.24) is 5.32 Å². The van der Waals surface area contributed by atoms with Crippen molar-refractivity contribution in [2.75, 3.05) is 12.1 Å². The number of hydrogen-bond donors (Lipinski definition) is 2. The lowest BCUT2D eigenvalue weighted by atomic mass is 10.1. The summed E-state index contributed by atoms with van der Waals surface area (Å²) < 4.78 is 10.5. The van der Waals surface area contributed by atoms with Crippen LogP contribution >= 0.6 is 0 Å². The van der Waals surface area contributed by atoms with Crippen molar-refractivity contribution in [3.05, 3.63) is 53.1 Å². The molecule has 0 spiro atoms. The van der Waals surface area contributed by atoms with Crippen LogP contribution in [-0.2, 0) is 16.1 Å². The van der Waals surface area contributed by atoms with Crippen molar-refractivity contribution in [2.45, 2.75) is 26.8 Å². The van der Waals surface area contributed by atoms with Crippen molar-refractivity contribution in [1.29, 1.82) is 0 Å². The zero-order valence-corrected chi connectivity index (χ0v) is 14.2. The average Bonchev–Trinajstić information content (AvgIpc) is 3.05. The van der Waals surface area contributed by atoms with Gasteiger partial charge in [0.2, 0.25) is 18.6 Å². The van der Waals surface area contributed by atoms with E-state index in [0.717, 1.165) is 22.4 Å². The second kappa shape index (κ2) is 7.25. The lowest BCUT2D eigenvalue weighted by Gasteiger charge is -2.10. The van der Waals surface area contributed by atoms with E-state index in [-0.39, 0.29) is 25.0 Å². The van der Waals surface area contributed by atoms with Crippen molar-refractivity contribution in [3.8, 4) is 11.5 Å². The van der Waals surface area contributed by atoms with Gasteiger partial charge in [0.05, 0.1) is 0 Å². The molecule has 0 saturated carbocycles. The summed E-state index contributed by atoms with van der Waals surface area (Å²) in [4.78, 5) is 24.0. The molecule has 0 saturated heterocycles. The molecule has 0 bridgehead atoms. The Labute approximate surface area is 146 Å². The fourth-order valence-electron chi connectivity index (χ4n) is 2.54. The Bertz CT molecular complexity index is 817. The molecular formula is C19H20N2O4. The summed E-state index contributed by atoms with van der Waals surface area (Å²) >= 11 is 0. The minimum absolute atomic E-state index is 0.212. The zero-order chi connectivity index (χ0) is 17.8. The smallest absolute Gasteiger partial charge is 0.233 e. The molecular weight excluding hydrogens is 320 g/mol. The van der Waals surface area contributed by atoms with Crippen LogP contribution in [0.15, 0.2) is 36.4 Å². The van der Waals surface area contributed by atoms with E-state index in [0.29, 0.717) is 18.0 Å². The Morgan fingerprint density at radius 1 is 1.04 bits per heavy atom. The van der Waals surface area contributed by atoms with Gasteiger partial charge in [0.15, 0.2) is 11.5 Å². The quantitative estimate of drug-likeness (QED) is 0.821. The summed E-state index contributed by atoms with van der Waals surface area (Å²) in [7, 11) is 0. The van der Waals surface area contributed by atoms with Gasteiger partial charge in [0.1, 0.15) is 6.42 Å². The monoisotopic (exact) mass is 340 g/mol. The van der Waals surface area contributed by atoms with E-state index in [1.165, 1.54) is 0 Å². The van der Waals surface area contributed by atoms with E-state index in [1.807, 2.05) is 44.2 Å². The summed E-state index contributed by atoms with van der Waals surface area (Å²) in [5.41, 5.74) is 3.70. The third kappa shape index (κ3) is 4.09. The van der Waals surface area contributed by atoms with Crippen molar-refractivity contribution < 1.29 is 19.1 Å². The highest BCUT2D eigenvalue weighted by Crippen LogP contribution is 2.32. The number of fused-ring (bicyclic) bond motifs is 1. The van der Waals surface area contributed by atoms with Gasteiger partial charge in [-0.2, -0.15) is 0 Å². The number of carbonyl (C=O) groups is 2. The molecule has 0 fully saturated rings. The molecule has 0 radical (unpaired) electrons. The van der Waals surface area contributed by atoms with Crippen molar-refractivity contribution >= 4 is 17.5 Å².